The van der Waals surface area contributed by atoms with E-state index in [2.05, 4.69) is 10.3 Å². The summed E-state index contributed by atoms with van der Waals surface area (Å²) in [7, 11) is 0. The van der Waals surface area contributed by atoms with Gasteiger partial charge in [0.15, 0.2) is 0 Å². The van der Waals surface area contributed by atoms with Gasteiger partial charge in [-0.3, -0.25) is 0 Å². The summed E-state index contributed by atoms with van der Waals surface area (Å²) in [5.41, 5.74) is 2.94. The molecule has 0 radical (unpaired) electrons. The molecule has 66 valence electrons. The normalized spacial score (nSPS) is 28.4. The highest BCUT2D eigenvalue weighted by atomic mass is 32.1. The van der Waals surface area contributed by atoms with Gasteiger partial charge in [-0.1, -0.05) is 0 Å². The molecule has 12 heavy (non-hydrogen) atoms. The molecule has 0 amide bonds. The van der Waals surface area contributed by atoms with E-state index in [-0.39, 0.29) is 6.10 Å². The van der Waals surface area contributed by atoms with Crippen LogP contribution in [0.4, 0.5) is 0 Å². The quantitative estimate of drug-likeness (QED) is 0.729. The van der Waals surface area contributed by atoms with Gasteiger partial charge in [0.1, 0.15) is 0 Å². The fourth-order valence-electron chi connectivity index (χ4n) is 1.33. The van der Waals surface area contributed by atoms with Crippen LogP contribution in [0.15, 0.2) is 10.9 Å². The lowest BCUT2D eigenvalue weighted by molar-refractivity contribution is 0.0618. The van der Waals surface area contributed by atoms with E-state index < -0.39 is 0 Å². The van der Waals surface area contributed by atoms with Crippen LogP contribution in [0.25, 0.3) is 0 Å². The molecule has 1 aromatic rings. The third kappa shape index (κ3) is 1.83. The van der Waals surface area contributed by atoms with Crippen LogP contribution in [0.5, 0.6) is 0 Å². The Balaban J connectivity index is 1.70. The highest BCUT2D eigenvalue weighted by Gasteiger charge is 2.26. The highest BCUT2D eigenvalue weighted by molar-refractivity contribution is 7.07. The predicted molar refractivity (Wildman–Crippen MR) is 48.0 cm³/mol. The fraction of sp³-hybridized carbons (Fsp3) is 0.625. The number of aromatic nitrogens is 1. The fourth-order valence-corrected chi connectivity index (χ4v) is 1.89. The lowest BCUT2D eigenvalue weighted by Gasteiger charge is -2.31. The molecule has 0 bridgehead atoms. The summed E-state index contributed by atoms with van der Waals surface area (Å²) in [4.78, 5) is 4.16. The van der Waals surface area contributed by atoms with Crippen LogP contribution in [-0.2, 0) is 6.54 Å². The standard InChI is InChI=1S/C8H12N2OS/c11-8-1-6(2-8)9-3-7-4-12-5-10-7/h4-6,8-9,11H,1-3H2. The minimum Gasteiger partial charge on any atom is -0.393 e. The first kappa shape index (κ1) is 8.16. The maximum Gasteiger partial charge on any atom is 0.0795 e. The van der Waals surface area contributed by atoms with Crippen molar-refractivity contribution in [3.63, 3.8) is 0 Å². The zero-order valence-electron chi connectivity index (χ0n) is 6.73. The Kier molecular flexibility index (Phi) is 2.39. The van der Waals surface area contributed by atoms with Crippen molar-refractivity contribution < 1.29 is 5.11 Å². The van der Waals surface area contributed by atoms with Crippen molar-refractivity contribution in [2.45, 2.75) is 31.5 Å². The van der Waals surface area contributed by atoms with E-state index in [1.54, 1.807) is 11.3 Å². The second-order valence-corrected chi connectivity index (χ2v) is 3.90. The van der Waals surface area contributed by atoms with E-state index in [9.17, 15) is 0 Å². The van der Waals surface area contributed by atoms with Gasteiger partial charge in [-0.15, -0.1) is 11.3 Å². The van der Waals surface area contributed by atoms with Gasteiger partial charge in [0.05, 0.1) is 17.3 Å². The Morgan fingerprint density at radius 3 is 3.08 bits per heavy atom. The zero-order chi connectivity index (χ0) is 8.39. The van der Waals surface area contributed by atoms with E-state index >= 15 is 0 Å². The van der Waals surface area contributed by atoms with Crippen molar-refractivity contribution in [2.75, 3.05) is 0 Å². The summed E-state index contributed by atoms with van der Waals surface area (Å²) < 4.78 is 0. The Bertz CT molecular complexity index is 231. The van der Waals surface area contributed by atoms with Gasteiger partial charge >= 0.3 is 0 Å². The minimum atomic E-state index is -0.0714. The largest absolute Gasteiger partial charge is 0.393 e. The Morgan fingerprint density at radius 2 is 2.50 bits per heavy atom. The topological polar surface area (TPSA) is 45.1 Å². The van der Waals surface area contributed by atoms with Crippen molar-refractivity contribution in [1.29, 1.82) is 0 Å². The zero-order valence-corrected chi connectivity index (χ0v) is 7.55. The molecule has 2 rings (SSSR count). The molecule has 3 nitrogen and oxygen atoms in total. The molecule has 1 heterocycles. The number of nitrogens with one attached hydrogen (secondary N) is 1. The van der Waals surface area contributed by atoms with E-state index in [0.717, 1.165) is 25.1 Å². The van der Waals surface area contributed by atoms with Gasteiger partial charge in [-0.05, 0) is 12.8 Å². The molecular weight excluding hydrogens is 172 g/mol. The van der Waals surface area contributed by atoms with Crippen LogP contribution in [0.2, 0.25) is 0 Å². The van der Waals surface area contributed by atoms with Gasteiger partial charge in [0, 0.05) is 18.0 Å². The molecule has 1 aliphatic carbocycles. The summed E-state index contributed by atoms with van der Waals surface area (Å²) in [6.45, 7) is 0.834. The summed E-state index contributed by atoms with van der Waals surface area (Å²) in [5, 5.41) is 14.4. The third-order valence-electron chi connectivity index (χ3n) is 2.17. The maximum atomic E-state index is 9.02. The number of thiazole rings is 1. The van der Waals surface area contributed by atoms with E-state index in [1.165, 1.54) is 0 Å². The number of aliphatic hydroxyl groups excluding tert-OH is 1. The van der Waals surface area contributed by atoms with Crippen LogP contribution in [0.3, 0.4) is 0 Å². The molecule has 0 aliphatic heterocycles. The van der Waals surface area contributed by atoms with Gasteiger partial charge in [0.25, 0.3) is 0 Å². The van der Waals surface area contributed by atoms with Gasteiger partial charge < -0.3 is 10.4 Å². The van der Waals surface area contributed by atoms with Crippen LogP contribution >= 0.6 is 11.3 Å². The Labute approximate surface area is 75.5 Å². The lowest BCUT2D eigenvalue weighted by atomic mass is 9.89. The number of hydrogen-bond acceptors (Lipinski definition) is 4. The molecule has 0 aromatic carbocycles. The van der Waals surface area contributed by atoms with Crippen molar-refractivity contribution in [2.24, 2.45) is 0 Å². The van der Waals surface area contributed by atoms with E-state index in [0.29, 0.717) is 6.04 Å². The molecule has 1 fully saturated rings. The molecule has 4 heteroatoms. The monoisotopic (exact) mass is 184 g/mol. The number of hydrogen-bond donors (Lipinski definition) is 2. The first-order valence-corrected chi connectivity index (χ1v) is 5.07. The molecular formula is C8H12N2OS. The summed E-state index contributed by atoms with van der Waals surface area (Å²) in [6, 6.07) is 0.502. The number of aliphatic hydroxyl groups is 1. The summed E-state index contributed by atoms with van der Waals surface area (Å²) in [5.74, 6) is 0. The molecule has 0 unspecified atom stereocenters. The van der Waals surface area contributed by atoms with Crippen LogP contribution in [-0.4, -0.2) is 22.2 Å². The second kappa shape index (κ2) is 3.51. The maximum absolute atomic E-state index is 9.02. The van der Waals surface area contributed by atoms with Crippen LogP contribution < -0.4 is 5.32 Å². The van der Waals surface area contributed by atoms with Gasteiger partial charge in [-0.25, -0.2) is 4.98 Å². The predicted octanol–water partition coefficient (Wildman–Crippen LogP) is 0.756. The average Bonchev–Trinajstić information content (AvgIpc) is 2.47. The molecule has 2 N–H and O–H groups in total. The van der Waals surface area contributed by atoms with Crippen LogP contribution in [0, 0.1) is 0 Å². The summed E-state index contributed by atoms with van der Waals surface area (Å²) >= 11 is 1.62. The first-order valence-electron chi connectivity index (χ1n) is 4.13. The molecule has 1 aliphatic rings. The minimum absolute atomic E-state index is 0.0714. The first-order chi connectivity index (χ1) is 5.84. The SMILES string of the molecule is OC1CC(NCc2cscn2)C1. The van der Waals surface area contributed by atoms with Crippen LogP contribution in [0.1, 0.15) is 18.5 Å². The highest BCUT2D eigenvalue weighted by Crippen LogP contribution is 2.19. The van der Waals surface area contributed by atoms with Crippen molar-refractivity contribution >= 4 is 11.3 Å². The number of rotatable bonds is 3. The Hall–Kier alpha value is -0.450. The Morgan fingerprint density at radius 1 is 1.67 bits per heavy atom. The van der Waals surface area contributed by atoms with Crippen molar-refractivity contribution in [1.82, 2.24) is 10.3 Å². The van der Waals surface area contributed by atoms with E-state index in [4.69, 9.17) is 5.11 Å². The molecule has 0 saturated heterocycles. The van der Waals surface area contributed by atoms with Crippen molar-refractivity contribution in [3.05, 3.63) is 16.6 Å². The lowest BCUT2D eigenvalue weighted by Crippen LogP contribution is -2.43. The molecule has 0 atom stereocenters. The average molecular weight is 184 g/mol. The molecule has 1 aromatic heterocycles. The summed E-state index contributed by atoms with van der Waals surface area (Å²) in [6.07, 6.45) is 1.71. The molecule has 0 spiro atoms. The van der Waals surface area contributed by atoms with Gasteiger partial charge in [-0.2, -0.15) is 0 Å². The molecule has 1 saturated carbocycles. The second-order valence-electron chi connectivity index (χ2n) is 3.18. The smallest absolute Gasteiger partial charge is 0.0795 e. The third-order valence-corrected chi connectivity index (χ3v) is 2.80. The van der Waals surface area contributed by atoms with E-state index in [1.807, 2.05) is 10.9 Å². The van der Waals surface area contributed by atoms with Gasteiger partial charge in [0.2, 0.25) is 0 Å². The number of nitrogens with zero attached hydrogens (tertiary/aromatic N) is 1. The van der Waals surface area contributed by atoms with Crippen molar-refractivity contribution in [3.8, 4) is 0 Å².